The average Bonchev–Trinajstić information content (AvgIpc) is 2.90. The van der Waals surface area contributed by atoms with E-state index in [9.17, 15) is 9.59 Å². The van der Waals surface area contributed by atoms with Crippen molar-refractivity contribution < 1.29 is 14.3 Å². The Bertz CT molecular complexity index is 1160. The number of rotatable bonds is 9. The number of para-hydroxylation sites is 1. The minimum atomic E-state index is -0.0471. The van der Waals surface area contributed by atoms with E-state index in [1.54, 1.807) is 7.11 Å². The lowest BCUT2D eigenvalue weighted by Gasteiger charge is -2.35. The number of nitrogens with zero attached hydrogens (tertiary/aromatic N) is 3. The average molecular weight is 475 g/mol. The quantitative estimate of drug-likeness (QED) is 0.471. The SMILES string of the molecule is COc1cccc2c(C)cc(N3CCN(C(=O)CCCCCNC(=O)c4ccccc4)CC3)nc12. The van der Waals surface area contributed by atoms with Crippen LogP contribution in [-0.2, 0) is 4.79 Å². The second-order valence-electron chi connectivity index (χ2n) is 8.95. The Balaban J connectivity index is 1.19. The van der Waals surface area contributed by atoms with Crippen LogP contribution >= 0.6 is 0 Å². The van der Waals surface area contributed by atoms with Crippen LogP contribution in [0.25, 0.3) is 10.9 Å². The summed E-state index contributed by atoms with van der Waals surface area (Å²) in [5.41, 5.74) is 2.72. The van der Waals surface area contributed by atoms with E-state index in [0.29, 0.717) is 31.6 Å². The third-order valence-corrected chi connectivity index (χ3v) is 6.56. The standard InChI is InChI=1S/C28H34N4O3/c1-21-20-25(30-27-23(21)12-9-13-24(27)35-2)31-16-18-32(19-17-31)26(33)14-7-4-8-15-29-28(34)22-10-5-3-6-11-22/h3,5-6,9-13,20H,4,7-8,14-19H2,1-2H3,(H,29,34). The van der Waals surface area contributed by atoms with Gasteiger partial charge in [0.05, 0.1) is 7.11 Å². The zero-order valence-electron chi connectivity index (χ0n) is 20.6. The van der Waals surface area contributed by atoms with E-state index >= 15 is 0 Å². The zero-order valence-corrected chi connectivity index (χ0v) is 20.6. The molecular formula is C28H34N4O3. The van der Waals surface area contributed by atoms with Crippen molar-refractivity contribution in [3.05, 3.63) is 65.7 Å². The van der Waals surface area contributed by atoms with Crippen molar-refractivity contribution in [3.63, 3.8) is 0 Å². The van der Waals surface area contributed by atoms with E-state index in [4.69, 9.17) is 9.72 Å². The highest BCUT2D eigenvalue weighted by Gasteiger charge is 2.22. The lowest BCUT2D eigenvalue weighted by molar-refractivity contribution is -0.131. The van der Waals surface area contributed by atoms with Crippen LogP contribution in [0.15, 0.2) is 54.6 Å². The van der Waals surface area contributed by atoms with E-state index in [2.05, 4.69) is 29.3 Å². The molecule has 1 N–H and O–H groups in total. The molecule has 1 saturated heterocycles. The Morgan fingerprint density at radius 1 is 0.971 bits per heavy atom. The number of hydrogen-bond acceptors (Lipinski definition) is 5. The molecule has 2 heterocycles. The maximum atomic E-state index is 12.7. The first-order valence-electron chi connectivity index (χ1n) is 12.4. The van der Waals surface area contributed by atoms with Crippen LogP contribution in [0.4, 0.5) is 5.82 Å². The first-order valence-corrected chi connectivity index (χ1v) is 12.4. The molecule has 0 radical (unpaired) electrons. The second kappa shape index (κ2) is 11.7. The minimum Gasteiger partial charge on any atom is -0.494 e. The fourth-order valence-electron chi connectivity index (χ4n) is 4.52. The largest absolute Gasteiger partial charge is 0.494 e. The topological polar surface area (TPSA) is 74.8 Å². The van der Waals surface area contributed by atoms with Crippen LogP contribution in [0.2, 0.25) is 0 Å². The molecule has 7 heteroatoms. The monoisotopic (exact) mass is 474 g/mol. The second-order valence-corrected chi connectivity index (χ2v) is 8.95. The van der Waals surface area contributed by atoms with Gasteiger partial charge in [-0.05, 0) is 49.6 Å². The van der Waals surface area contributed by atoms with E-state index in [-0.39, 0.29) is 11.8 Å². The summed E-state index contributed by atoms with van der Waals surface area (Å²) in [7, 11) is 1.67. The molecule has 0 unspecified atom stereocenters. The molecule has 35 heavy (non-hydrogen) atoms. The molecule has 7 nitrogen and oxygen atoms in total. The number of ether oxygens (including phenoxy) is 1. The molecule has 0 saturated carbocycles. The van der Waals surface area contributed by atoms with Gasteiger partial charge >= 0.3 is 0 Å². The lowest BCUT2D eigenvalue weighted by Crippen LogP contribution is -2.49. The Hall–Kier alpha value is -3.61. The normalized spacial score (nSPS) is 13.7. The first-order chi connectivity index (χ1) is 17.1. The highest BCUT2D eigenvalue weighted by Crippen LogP contribution is 2.29. The van der Waals surface area contributed by atoms with Gasteiger partial charge in [-0.1, -0.05) is 36.8 Å². The number of fused-ring (bicyclic) bond motifs is 1. The molecule has 1 aliphatic rings. The molecule has 1 aromatic heterocycles. The third kappa shape index (κ3) is 6.10. The van der Waals surface area contributed by atoms with Crippen molar-refractivity contribution in [1.29, 1.82) is 0 Å². The number of piperazine rings is 1. The molecule has 1 fully saturated rings. The van der Waals surface area contributed by atoms with Gasteiger partial charge < -0.3 is 19.9 Å². The van der Waals surface area contributed by atoms with Gasteiger partial charge in [-0.2, -0.15) is 0 Å². The Morgan fingerprint density at radius 3 is 2.49 bits per heavy atom. The summed E-state index contributed by atoms with van der Waals surface area (Å²) < 4.78 is 5.51. The maximum Gasteiger partial charge on any atom is 0.251 e. The van der Waals surface area contributed by atoms with Crippen LogP contribution in [-0.4, -0.2) is 61.5 Å². The number of amides is 2. The number of benzene rings is 2. The molecule has 3 aromatic rings. The maximum absolute atomic E-state index is 12.7. The Morgan fingerprint density at radius 2 is 1.74 bits per heavy atom. The summed E-state index contributed by atoms with van der Waals surface area (Å²) in [5.74, 6) is 1.88. The highest BCUT2D eigenvalue weighted by molar-refractivity contribution is 5.94. The van der Waals surface area contributed by atoms with Crippen LogP contribution in [0, 0.1) is 6.92 Å². The number of carbonyl (C=O) groups is 2. The summed E-state index contributed by atoms with van der Waals surface area (Å²) in [4.78, 5) is 33.8. The van der Waals surface area contributed by atoms with Crippen molar-refractivity contribution >= 4 is 28.5 Å². The number of pyridine rings is 1. The van der Waals surface area contributed by atoms with Crippen molar-refractivity contribution in [2.24, 2.45) is 0 Å². The Labute approximate surface area is 207 Å². The molecule has 2 aromatic carbocycles. The summed E-state index contributed by atoms with van der Waals surface area (Å²) in [6.07, 6.45) is 3.18. The van der Waals surface area contributed by atoms with Crippen molar-refractivity contribution in [1.82, 2.24) is 15.2 Å². The van der Waals surface area contributed by atoms with Gasteiger partial charge in [0, 0.05) is 50.1 Å². The fourth-order valence-corrected chi connectivity index (χ4v) is 4.52. The number of anilines is 1. The summed E-state index contributed by atoms with van der Waals surface area (Å²) in [6, 6.07) is 17.3. The van der Waals surface area contributed by atoms with Crippen molar-refractivity contribution in [2.75, 3.05) is 44.7 Å². The van der Waals surface area contributed by atoms with Gasteiger partial charge in [0.15, 0.2) is 0 Å². The zero-order chi connectivity index (χ0) is 24.6. The number of hydrogen-bond donors (Lipinski definition) is 1. The van der Waals surface area contributed by atoms with Crippen molar-refractivity contribution in [3.8, 4) is 5.75 Å². The number of carbonyl (C=O) groups excluding carboxylic acids is 2. The predicted molar refractivity (Wildman–Crippen MR) is 139 cm³/mol. The van der Waals surface area contributed by atoms with Gasteiger partial charge in [0.1, 0.15) is 17.1 Å². The predicted octanol–water partition coefficient (Wildman–Crippen LogP) is 4.19. The van der Waals surface area contributed by atoms with Crippen LogP contribution in [0.5, 0.6) is 5.75 Å². The minimum absolute atomic E-state index is 0.0471. The smallest absolute Gasteiger partial charge is 0.251 e. The van der Waals surface area contributed by atoms with E-state index in [1.807, 2.05) is 47.4 Å². The number of nitrogens with one attached hydrogen (secondary N) is 1. The van der Waals surface area contributed by atoms with E-state index < -0.39 is 0 Å². The molecule has 0 atom stereocenters. The molecule has 1 aliphatic heterocycles. The first kappa shape index (κ1) is 24.5. The molecule has 0 aliphatic carbocycles. The number of aryl methyl sites for hydroxylation is 1. The summed E-state index contributed by atoms with van der Waals surface area (Å²) in [5, 5.41) is 4.04. The molecule has 184 valence electrons. The van der Waals surface area contributed by atoms with Crippen LogP contribution < -0.4 is 15.0 Å². The Kier molecular flexibility index (Phi) is 8.19. The van der Waals surface area contributed by atoms with Crippen molar-refractivity contribution in [2.45, 2.75) is 32.6 Å². The van der Waals surface area contributed by atoms with E-state index in [0.717, 1.165) is 54.8 Å². The van der Waals surface area contributed by atoms with Gasteiger partial charge in [-0.25, -0.2) is 4.98 Å². The van der Waals surface area contributed by atoms with Gasteiger partial charge in [0.25, 0.3) is 5.91 Å². The summed E-state index contributed by atoms with van der Waals surface area (Å²) >= 11 is 0. The highest BCUT2D eigenvalue weighted by atomic mass is 16.5. The number of methoxy groups -OCH3 is 1. The fraction of sp³-hybridized carbons (Fsp3) is 0.393. The molecular weight excluding hydrogens is 440 g/mol. The van der Waals surface area contributed by atoms with Crippen LogP contribution in [0.3, 0.4) is 0 Å². The van der Waals surface area contributed by atoms with Gasteiger partial charge in [0.2, 0.25) is 5.91 Å². The van der Waals surface area contributed by atoms with Gasteiger partial charge in [-0.15, -0.1) is 0 Å². The number of unbranched alkanes of at least 4 members (excludes halogenated alkanes) is 2. The van der Waals surface area contributed by atoms with Gasteiger partial charge in [-0.3, -0.25) is 9.59 Å². The molecule has 0 spiro atoms. The number of aromatic nitrogens is 1. The molecule has 2 amide bonds. The van der Waals surface area contributed by atoms with E-state index in [1.165, 1.54) is 5.56 Å². The molecule has 0 bridgehead atoms. The molecule has 4 rings (SSSR count). The van der Waals surface area contributed by atoms with Crippen LogP contribution in [0.1, 0.15) is 41.6 Å². The third-order valence-electron chi connectivity index (χ3n) is 6.56. The lowest BCUT2D eigenvalue weighted by atomic mass is 10.1. The summed E-state index contributed by atoms with van der Waals surface area (Å²) in [6.45, 7) is 5.67.